The van der Waals surface area contributed by atoms with Crippen molar-refractivity contribution in [3.8, 4) is 16.9 Å². The summed E-state index contributed by atoms with van der Waals surface area (Å²) >= 11 is 0. The molecule has 196 valence electrons. The van der Waals surface area contributed by atoms with Crippen molar-refractivity contribution in [3.05, 3.63) is 48.5 Å². The fraction of sp³-hybridized carbons (Fsp3) is 0.481. The Balaban J connectivity index is 1.85. The fourth-order valence-corrected chi connectivity index (χ4v) is 6.53. The standard InChI is InChI=1S/C27H35O8P/c1-5-15-31-19(3)33-26(28)17-21(27(29)34-20(4)32-16-6-2)18-36(30)25-14-10-8-12-23(25)22-11-7-9-13-24(22)35-36/h7-14,19-21H,5-6,15-18H2,1-4H3/t19?,20?,21?,36-/m1/s1. The van der Waals surface area contributed by atoms with E-state index < -0.39 is 37.8 Å². The Labute approximate surface area is 212 Å². The van der Waals surface area contributed by atoms with Gasteiger partial charge in [0, 0.05) is 5.56 Å². The topological polar surface area (TPSA) is 97.4 Å². The molecular weight excluding hydrogens is 483 g/mol. The van der Waals surface area contributed by atoms with E-state index in [2.05, 4.69) is 0 Å². The van der Waals surface area contributed by atoms with Gasteiger partial charge in [-0.2, -0.15) is 0 Å². The number of para-hydroxylation sites is 1. The van der Waals surface area contributed by atoms with Crippen LogP contribution in [-0.2, 0) is 33.1 Å². The van der Waals surface area contributed by atoms with Gasteiger partial charge in [0.1, 0.15) is 5.75 Å². The summed E-state index contributed by atoms with van der Waals surface area (Å²) in [6.07, 6.45) is -0.618. The first kappa shape index (κ1) is 27.9. The zero-order chi connectivity index (χ0) is 26.1. The summed E-state index contributed by atoms with van der Waals surface area (Å²) in [5.41, 5.74) is 1.60. The lowest BCUT2D eigenvalue weighted by molar-refractivity contribution is -0.185. The molecule has 0 aliphatic carbocycles. The maximum Gasteiger partial charge on any atom is 0.312 e. The van der Waals surface area contributed by atoms with Gasteiger partial charge in [-0.25, -0.2) is 0 Å². The van der Waals surface area contributed by atoms with Gasteiger partial charge < -0.3 is 23.5 Å². The van der Waals surface area contributed by atoms with Gasteiger partial charge in [0.15, 0.2) is 12.6 Å². The number of esters is 2. The maximum absolute atomic E-state index is 14.3. The van der Waals surface area contributed by atoms with E-state index in [1.54, 1.807) is 38.1 Å². The van der Waals surface area contributed by atoms with Crippen molar-refractivity contribution in [2.75, 3.05) is 19.4 Å². The minimum Gasteiger partial charge on any atom is -0.439 e. The number of benzene rings is 2. The fourth-order valence-electron chi connectivity index (χ4n) is 3.95. The second-order valence-corrected chi connectivity index (χ2v) is 11.0. The van der Waals surface area contributed by atoms with E-state index in [1.807, 2.05) is 38.1 Å². The van der Waals surface area contributed by atoms with Crippen LogP contribution in [0.5, 0.6) is 5.75 Å². The normalized spacial score (nSPS) is 18.7. The molecule has 1 aliphatic heterocycles. The molecule has 3 unspecified atom stereocenters. The van der Waals surface area contributed by atoms with E-state index in [0.717, 1.165) is 24.0 Å². The van der Waals surface area contributed by atoms with Crippen molar-refractivity contribution in [1.82, 2.24) is 0 Å². The van der Waals surface area contributed by atoms with Gasteiger partial charge in [-0.3, -0.25) is 14.2 Å². The van der Waals surface area contributed by atoms with E-state index in [9.17, 15) is 14.2 Å². The van der Waals surface area contributed by atoms with Crippen LogP contribution in [-0.4, -0.2) is 43.9 Å². The number of hydrogen-bond acceptors (Lipinski definition) is 8. The average molecular weight is 519 g/mol. The van der Waals surface area contributed by atoms with Crippen molar-refractivity contribution >= 4 is 24.6 Å². The molecule has 0 bridgehead atoms. The molecule has 1 heterocycles. The molecule has 4 atom stereocenters. The van der Waals surface area contributed by atoms with Gasteiger partial charge in [0.25, 0.3) is 7.37 Å². The van der Waals surface area contributed by atoms with Gasteiger partial charge in [-0.1, -0.05) is 50.2 Å². The minimum atomic E-state index is -3.60. The van der Waals surface area contributed by atoms with Gasteiger partial charge in [0.2, 0.25) is 0 Å². The van der Waals surface area contributed by atoms with E-state index >= 15 is 0 Å². The van der Waals surface area contributed by atoms with E-state index in [-0.39, 0.29) is 12.6 Å². The Morgan fingerprint density at radius 2 is 1.44 bits per heavy atom. The summed E-state index contributed by atoms with van der Waals surface area (Å²) in [4.78, 5) is 25.9. The first-order valence-corrected chi connectivity index (χ1v) is 14.2. The molecule has 36 heavy (non-hydrogen) atoms. The van der Waals surface area contributed by atoms with Crippen molar-refractivity contribution < 1.29 is 37.6 Å². The highest BCUT2D eigenvalue weighted by Gasteiger charge is 2.41. The van der Waals surface area contributed by atoms with Crippen LogP contribution in [0.15, 0.2) is 48.5 Å². The molecular formula is C27H35O8P. The summed E-state index contributed by atoms with van der Waals surface area (Å²) in [5.74, 6) is -1.96. The molecule has 0 N–H and O–H groups in total. The molecule has 9 heteroatoms. The van der Waals surface area contributed by atoms with Gasteiger partial charge in [0.05, 0.1) is 37.0 Å². The van der Waals surface area contributed by atoms with Crippen LogP contribution in [0.1, 0.15) is 47.0 Å². The summed E-state index contributed by atoms with van der Waals surface area (Å²) in [6.45, 7) is 7.95. The number of rotatable bonds is 13. The number of hydrogen-bond donors (Lipinski definition) is 0. The Morgan fingerprint density at radius 3 is 2.11 bits per heavy atom. The first-order chi connectivity index (χ1) is 17.3. The molecule has 3 rings (SSSR count). The maximum atomic E-state index is 14.3. The molecule has 2 aromatic carbocycles. The lowest BCUT2D eigenvalue weighted by Crippen LogP contribution is -2.32. The number of fused-ring (bicyclic) bond motifs is 3. The summed E-state index contributed by atoms with van der Waals surface area (Å²) in [7, 11) is -3.60. The Hall–Kier alpha value is -2.67. The first-order valence-electron chi connectivity index (χ1n) is 12.4. The molecule has 0 saturated heterocycles. The molecule has 0 aromatic heterocycles. The second kappa shape index (κ2) is 13.0. The third-order valence-corrected chi connectivity index (χ3v) is 8.13. The van der Waals surface area contributed by atoms with Crippen LogP contribution in [0.4, 0.5) is 0 Å². The van der Waals surface area contributed by atoms with Crippen molar-refractivity contribution in [3.63, 3.8) is 0 Å². The predicted molar refractivity (Wildman–Crippen MR) is 136 cm³/mol. The Morgan fingerprint density at radius 1 is 0.861 bits per heavy atom. The third kappa shape index (κ3) is 7.19. The smallest absolute Gasteiger partial charge is 0.312 e. The lowest BCUT2D eigenvalue weighted by Gasteiger charge is -2.30. The number of carbonyl (C=O) groups excluding carboxylic acids is 2. The van der Waals surface area contributed by atoms with Crippen LogP contribution in [0.2, 0.25) is 0 Å². The molecule has 8 nitrogen and oxygen atoms in total. The monoisotopic (exact) mass is 518 g/mol. The highest BCUT2D eigenvalue weighted by molar-refractivity contribution is 7.67. The van der Waals surface area contributed by atoms with Crippen LogP contribution in [0, 0.1) is 5.92 Å². The zero-order valence-corrected chi connectivity index (χ0v) is 22.2. The molecule has 0 radical (unpaired) electrons. The van der Waals surface area contributed by atoms with Crippen LogP contribution in [0.25, 0.3) is 11.1 Å². The number of ether oxygens (including phenoxy) is 4. The predicted octanol–water partition coefficient (Wildman–Crippen LogP) is 5.29. The summed E-state index contributed by atoms with van der Waals surface area (Å²) in [6, 6.07) is 14.6. The number of carbonyl (C=O) groups is 2. The third-order valence-electron chi connectivity index (χ3n) is 5.59. The average Bonchev–Trinajstić information content (AvgIpc) is 2.86. The van der Waals surface area contributed by atoms with Gasteiger partial charge in [-0.15, -0.1) is 0 Å². The lowest BCUT2D eigenvalue weighted by atomic mass is 10.0. The van der Waals surface area contributed by atoms with Crippen molar-refractivity contribution in [1.29, 1.82) is 0 Å². The van der Waals surface area contributed by atoms with Crippen molar-refractivity contribution in [2.45, 2.75) is 59.5 Å². The van der Waals surface area contributed by atoms with Crippen LogP contribution >= 0.6 is 7.37 Å². The highest BCUT2D eigenvalue weighted by Crippen LogP contribution is 2.55. The Bertz CT molecular complexity index is 1080. The summed E-state index contributed by atoms with van der Waals surface area (Å²) < 4.78 is 42.0. The largest absolute Gasteiger partial charge is 0.439 e. The van der Waals surface area contributed by atoms with Crippen LogP contribution in [0.3, 0.4) is 0 Å². The van der Waals surface area contributed by atoms with Gasteiger partial charge in [-0.05, 0) is 44.4 Å². The molecule has 2 aromatic rings. The van der Waals surface area contributed by atoms with Crippen LogP contribution < -0.4 is 9.83 Å². The molecule has 1 aliphatic rings. The SMILES string of the molecule is CCCOC(C)OC(=O)CC(C[P@@]1(=O)Oc2ccccc2-c2ccccc21)C(=O)OC(C)OCCC. The highest BCUT2D eigenvalue weighted by atomic mass is 31.2. The quantitative estimate of drug-likeness (QED) is 0.201. The van der Waals surface area contributed by atoms with Crippen molar-refractivity contribution in [2.24, 2.45) is 5.92 Å². The molecule has 0 spiro atoms. The van der Waals surface area contributed by atoms with E-state index in [0.29, 0.717) is 24.3 Å². The summed E-state index contributed by atoms with van der Waals surface area (Å²) in [5, 5.41) is 0.504. The zero-order valence-electron chi connectivity index (χ0n) is 21.3. The Kier molecular flexibility index (Phi) is 10.1. The van der Waals surface area contributed by atoms with E-state index in [1.165, 1.54) is 0 Å². The second-order valence-electron chi connectivity index (χ2n) is 8.67. The molecule has 0 fully saturated rings. The molecule has 0 amide bonds. The van der Waals surface area contributed by atoms with E-state index in [4.69, 9.17) is 23.5 Å². The van der Waals surface area contributed by atoms with Gasteiger partial charge >= 0.3 is 11.9 Å². The minimum absolute atomic E-state index is 0.225. The molecule has 0 saturated carbocycles.